The maximum absolute atomic E-state index is 11.1. The molecule has 2 unspecified atom stereocenters. The number of nitrogens with one attached hydrogen (secondary N) is 1. The van der Waals surface area contributed by atoms with Gasteiger partial charge in [-0.15, -0.1) is 12.4 Å². The number of aliphatic imine (C=N–C) groups is 1. The van der Waals surface area contributed by atoms with E-state index < -0.39 is 6.03 Å². The van der Waals surface area contributed by atoms with Crippen LogP contribution in [0.4, 0.5) is 4.79 Å². The molecule has 0 saturated heterocycles. The van der Waals surface area contributed by atoms with Crippen LogP contribution in [0.5, 0.6) is 0 Å². The Kier molecular flexibility index (Phi) is 7.67. The van der Waals surface area contributed by atoms with Crippen molar-refractivity contribution in [3.05, 3.63) is 42.0 Å². The van der Waals surface area contributed by atoms with Crippen molar-refractivity contribution in [3.8, 4) is 0 Å². The summed E-state index contributed by atoms with van der Waals surface area (Å²) in [4.78, 5) is 15.8. The Hall–Kier alpha value is -1.81. The molecule has 4 nitrogen and oxygen atoms in total. The molecular formula is C17H24ClN3O. The molecule has 0 bridgehead atoms. The van der Waals surface area contributed by atoms with Crippen LogP contribution in [0.1, 0.15) is 38.2 Å². The minimum atomic E-state index is -0.574. The van der Waals surface area contributed by atoms with E-state index in [4.69, 9.17) is 5.73 Å². The zero-order valence-electron chi connectivity index (χ0n) is 12.9. The lowest BCUT2D eigenvalue weighted by Gasteiger charge is -2.24. The first-order chi connectivity index (χ1) is 10.1. The molecule has 1 fully saturated rings. The molecular weight excluding hydrogens is 298 g/mol. The third-order valence-electron chi connectivity index (χ3n) is 3.71. The average molecular weight is 322 g/mol. The predicted molar refractivity (Wildman–Crippen MR) is 94.3 cm³/mol. The lowest BCUT2D eigenvalue weighted by molar-refractivity contribution is 0.253. The van der Waals surface area contributed by atoms with Crippen molar-refractivity contribution in [2.45, 2.75) is 38.6 Å². The van der Waals surface area contributed by atoms with Crippen molar-refractivity contribution < 1.29 is 4.79 Å². The van der Waals surface area contributed by atoms with Crippen LogP contribution >= 0.6 is 12.4 Å². The number of nitrogens with zero attached hydrogens (tertiary/aromatic N) is 1. The Morgan fingerprint density at radius 2 is 2.05 bits per heavy atom. The second-order valence-corrected chi connectivity index (χ2v) is 5.67. The number of nitrogens with two attached hydrogens (primary N) is 1. The predicted octanol–water partition coefficient (Wildman–Crippen LogP) is 3.77. The summed E-state index contributed by atoms with van der Waals surface area (Å²) in [6.45, 7) is 2.25. The SMILES string of the molecule is CC1CCCC(N=C(/C=C/c2ccccc2)NC(N)=O)C1.Cl. The second kappa shape index (κ2) is 9.26. The zero-order chi connectivity index (χ0) is 15.1. The monoisotopic (exact) mass is 321 g/mol. The molecule has 1 aliphatic carbocycles. The summed E-state index contributed by atoms with van der Waals surface area (Å²) >= 11 is 0. The maximum Gasteiger partial charge on any atom is 0.317 e. The van der Waals surface area contributed by atoms with Gasteiger partial charge in [-0.1, -0.05) is 56.2 Å². The largest absolute Gasteiger partial charge is 0.351 e. The van der Waals surface area contributed by atoms with E-state index in [1.165, 1.54) is 12.8 Å². The summed E-state index contributed by atoms with van der Waals surface area (Å²) < 4.78 is 0. The number of benzene rings is 1. The molecule has 1 aromatic carbocycles. The van der Waals surface area contributed by atoms with Crippen molar-refractivity contribution in [1.82, 2.24) is 5.32 Å². The van der Waals surface area contributed by atoms with Crippen molar-refractivity contribution in [1.29, 1.82) is 0 Å². The number of amidine groups is 1. The first-order valence-corrected chi connectivity index (χ1v) is 7.51. The van der Waals surface area contributed by atoms with Crippen LogP contribution in [-0.2, 0) is 0 Å². The molecule has 2 rings (SSSR count). The first kappa shape index (κ1) is 18.2. The quantitative estimate of drug-likeness (QED) is 0.646. The topological polar surface area (TPSA) is 67.5 Å². The maximum atomic E-state index is 11.1. The number of primary amides is 1. The number of rotatable bonds is 3. The van der Waals surface area contributed by atoms with Crippen LogP contribution in [0.25, 0.3) is 6.08 Å². The van der Waals surface area contributed by atoms with Crippen LogP contribution in [0.15, 0.2) is 41.4 Å². The van der Waals surface area contributed by atoms with E-state index in [1.807, 2.05) is 42.5 Å². The Labute approximate surface area is 138 Å². The molecule has 22 heavy (non-hydrogen) atoms. The van der Waals surface area contributed by atoms with E-state index in [9.17, 15) is 4.79 Å². The van der Waals surface area contributed by atoms with E-state index in [0.29, 0.717) is 11.8 Å². The van der Waals surface area contributed by atoms with Gasteiger partial charge in [0.15, 0.2) is 0 Å². The fraction of sp³-hybridized carbons (Fsp3) is 0.412. The van der Waals surface area contributed by atoms with E-state index in [0.717, 1.165) is 18.4 Å². The van der Waals surface area contributed by atoms with Crippen LogP contribution in [-0.4, -0.2) is 17.9 Å². The molecule has 5 heteroatoms. The number of carbonyl (C=O) groups is 1. The molecule has 1 aliphatic rings. The molecule has 120 valence electrons. The van der Waals surface area contributed by atoms with Gasteiger partial charge in [-0.3, -0.25) is 10.3 Å². The summed E-state index contributed by atoms with van der Waals surface area (Å²) in [6, 6.07) is 9.62. The molecule has 2 amide bonds. The van der Waals surface area contributed by atoms with Gasteiger partial charge in [-0.25, -0.2) is 4.79 Å². The van der Waals surface area contributed by atoms with E-state index in [1.54, 1.807) is 0 Å². The van der Waals surface area contributed by atoms with Gasteiger partial charge in [0.2, 0.25) is 0 Å². The minimum Gasteiger partial charge on any atom is -0.351 e. The van der Waals surface area contributed by atoms with Gasteiger partial charge < -0.3 is 5.73 Å². The molecule has 1 aromatic rings. The lowest BCUT2D eigenvalue weighted by Crippen LogP contribution is -2.35. The fourth-order valence-corrected chi connectivity index (χ4v) is 2.70. The third kappa shape index (κ3) is 6.31. The second-order valence-electron chi connectivity index (χ2n) is 5.67. The smallest absolute Gasteiger partial charge is 0.317 e. The van der Waals surface area contributed by atoms with Crippen LogP contribution in [0.2, 0.25) is 0 Å². The summed E-state index contributed by atoms with van der Waals surface area (Å²) in [5.41, 5.74) is 6.29. The Bertz CT molecular complexity index is 528. The number of hydrogen-bond acceptors (Lipinski definition) is 2. The number of urea groups is 1. The standard InChI is InChI=1S/C17H23N3O.ClH/c1-13-6-5-9-15(12-13)19-16(20-17(18)21)11-10-14-7-3-2-4-8-14;/h2-4,7-8,10-11,13,15H,5-6,9,12H2,1H3,(H3,18,19,20,21);1H/b11-10+;. The summed E-state index contributed by atoms with van der Waals surface area (Å²) in [5.74, 6) is 1.24. The van der Waals surface area contributed by atoms with Gasteiger partial charge in [0.25, 0.3) is 0 Å². The summed E-state index contributed by atoms with van der Waals surface area (Å²) in [6.07, 6.45) is 8.36. The molecule has 2 atom stereocenters. The fourth-order valence-electron chi connectivity index (χ4n) is 2.70. The first-order valence-electron chi connectivity index (χ1n) is 7.51. The van der Waals surface area contributed by atoms with Crippen LogP contribution in [0.3, 0.4) is 0 Å². The third-order valence-corrected chi connectivity index (χ3v) is 3.71. The Balaban J connectivity index is 0.00000242. The van der Waals surface area contributed by atoms with Gasteiger partial charge in [-0.2, -0.15) is 0 Å². The van der Waals surface area contributed by atoms with Crippen LogP contribution in [0, 0.1) is 5.92 Å². The van der Waals surface area contributed by atoms with Crippen molar-refractivity contribution in [2.24, 2.45) is 16.6 Å². The number of carbonyl (C=O) groups excluding carboxylic acids is 1. The molecule has 0 heterocycles. The number of amides is 2. The minimum absolute atomic E-state index is 0. The molecule has 0 aromatic heterocycles. The van der Waals surface area contributed by atoms with Crippen LogP contribution < -0.4 is 11.1 Å². The Morgan fingerprint density at radius 1 is 1.32 bits per heavy atom. The van der Waals surface area contributed by atoms with Gasteiger partial charge >= 0.3 is 6.03 Å². The van der Waals surface area contributed by atoms with Gasteiger partial charge in [-0.05, 0) is 30.4 Å². The molecule has 0 aliphatic heterocycles. The lowest BCUT2D eigenvalue weighted by atomic mass is 9.87. The normalized spacial score (nSPS) is 22.1. The molecule has 3 N–H and O–H groups in total. The van der Waals surface area contributed by atoms with E-state index in [2.05, 4.69) is 17.2 Å². The van der Waals surface area contributed by atoms with Crippen molar-refractivity contribution >= 4 is 30.3 Å². The number of hydrogen-bond donors (Lipinski definition) is 2. The highest BCUT2D eigenvalue weighted by Gasteiger charge is 2.18. The zero-order valence-corrected chi connectivity index (χ0v) is 13.7. The summed E-state index contributed by atoms with van der Waals surface area (Å²) in [7, 11) is 0. The van der Waals surface area contributed by atoms with E-state index >= 15 is 0 Å². The van der Waals surface area contributed by atoms with Gasteiger partial charge in [0.1, 0.15) is 5.84 Å². The Morgan fingerprint density at radius 3 is 2.68 bits per heavy atom. The van der Waals surface area contributed by atoms with Crippen molar-refractivity contribution in [3.63, 3.8) is 0 Å². The van der Waals surface area contributed by atoms with E-state index in [-0.39, 0.29) is 18.4 Å². The molecule has 0 spiro atoms. The van der Waals surface area contributed by atoms with Gasteiger partial charge in [0, 0.05) is 0 Å². The highest BCUT2D eigenvalue weighted by atomic mass is 35.5. The highest BCUT2D eigenvalue weighted by Crippen LogP contribution is 2.25. The number of halogens is 1. The molecule has 1 saturated carbocycles. The molecule has 0 radical (unpaired) electrons. The highest BCUT2D eigenvalue weighted by molar-refractivity contribution is 6.05. The summed E-state index contributed by atoms with van der Waals surface area (Å²) in [5, 5.41) is 2.61. The van der Waals surface area contributed by atoms with Crippen molar-refractivity contribution in [2.75, 3.05) is 0 Å². The van der Waals surface area contributed by atoms with Gasteiger partial charge in [0.05, 0.1) is 6.04 Å². The average Bonchev–Trinajstić information content (AvgIpc) is 2.45.